The lowest BCUT2D eigenvalue weighted by Crippen LogP contribution is -2.58. The number of nitrogens with one attached hydrogen (secondary N) is 1. The summed E-state index contributed by atoms with van der Waals surface area (Å²) in [5, 5.41) is 13.9. The predicted octanol–water partition coefficient (Wildman–Crippen LogP) is 4.77. The van der Waals surface area contributed by atoms with Crippen molar-refractivity contribution in [2.75, 3.05) is 29.9 Å². The van der Waals surface area contributed by atoms with Gasteiger partial charge in [-0.2, -0.15) is 4.39 Å². The van der Waals surface area contributed by atoms with Crippen LogP contribution in [0.5, 0.6) is 0 Å². The van der Waals surface area contributed by atoms with E-state index >= 15 is 0 Å². The molecule has 4 heterocycles. The lowest BCUT2D eigenvalue weighted by Gasteiger charge is -2.45. The molecule has 9 heteroatoms. The second-order valence-corrected chi connectivity index (χ2v) is 9.26. The van der Waals surface area contributed by atoms with E-state index < -0.39 is 5.95 Å². The lowest BCUT2D eigenvalue weighted by molar-refractivity contribution is 0.227. The van der Waals surface area contributed by atoms with Crippen molar-refractivity contribution in [2.24, 2.45) is 5.92 Å². The normalized spacial score (nSPS) is 16.1. The SMILES string of the molecule is CC(C)C1CN(c2ccc(-c3cccnc3F)nn2)CCN1C(=S)Nc1cccc2ncccc12. The molecular formula is C26H26FN7S. The number of piperazine rings is 1. The molecule has 3 aromatic heterocycles. The highest BCUT2D eigenvalue weighted by Crippen LogP contribution is 2.26. The van der Waals surface area contributed by atoms with Crippen LogP contribution in [0.4, 0.5) is 15.9 Å². The number of benzene rings is 1. The molecule has 178 valence electrons. The molecule has 1 saturated heterocycles. The smallest absolute Gasteiger partial charge is 0.222 e. The Morgan fingerprint density at radius 1 is 1.00 bits per heavy atom. The molecule has 4 aromatic rings. The van der Waals surface area contributed by atoms with E-state index in [9.17, 15) is 4.39 Å². The molecule has 1 atom stereocenters. The summed E-state index contributed by atoms with van der Waals surface area (Å²) in [6.07, 6.45) is 3.21. The second-order valence-electron chi connectivity index (χ2n) is 8.88. The molecule has 1 aliphatic heterocycles. The summed E-state index contributed by atoms with van der Waals surface area (Å²) >= 11 is 5.86. The Hall–Kier alpha value is -3.72. The minimum absolute atomic E-state index is 0.189. The van der Waals surface area contributed by atoms with E-state index in [1.807, 2.05) is 36.4 Å². The first-order valence-corrected chi connectivity index (χ1v) is 12.0. The molecule has 0 amide bonds. The number of hydrogen-bond acceptors (Lipinski definition) is 6. The monoisotopic (exact) mass is 487 g/mol. The first kappa shape index (κ1) is 23.0. The fourth-order valence-electron chi connectivity index (χ4n) is 4.45. The van der Waals surface area contributed by atoms with Gasteiger partial charge in [-0.1, -0.05) is 19.9 Å². The van der Waals surface area contributed by atoms with Crippen molar-refractivity contribution >= 4 is 39.7 Å². The highest BCUT2D eigenvalue weighted by Gasteiger charge is 2.31. The Labute approximate surface area is 209 Å². The van der Waals surface area contributed by atoms with E-state index in [0.717, 1.165) is 42.0 Å². The van der Waals surface area contributed by atoms with Crippen molar-refractivity contribution in [3.05, 3.63) is 72.9 Å². The van der Waals surface area contributed by atoms with Crippen LogP contribution in [0.15, 0.2) is 67.0 Å². The van der Waals surface area contributed by atoms with Gasteiger partial charge in [-0.05, 0) is 66.7 Å². The molecule has 0 spiro atoms. The quantitative estimate of drug-likeness (QED) is 0.326. The van der Waals surface area contributed by atoms with Crippen molar-refractivity contribution < 1.29 is 4.39 Å². The maximum atomic E-state index is 14.0. The summed E-state index contributed by atoms with van der Waals surface area (Å²) in [5.74, 6) is 0.580. The third-order valence-corrected chi connectivity index (χ3v) is 6.68. The molecule has 1 aliphatic rings. The van der Waals surface area contributed by atoms with Gasteiger partial charge in [-0.15, -0.1) is 10.2 Å². The lowest BCUT2D eigenvalue weighted by atomic mass is 10.00. The van der Waals surface area contributed by atoms with Gasteiger partial charge in [0.1, 0.15) is 0 Å². The van der Waals surface area contributed by atoms with Crippen LogP contribution < -0.4 is 10.2 Å². The summed E-state index contributed by atoms with van der Waals surface area (Å²) in [5.41, 5.74) is 2.69. The van der Waals surface area contributed by atoms with Crippen molar-refractivity contribution in [3.63, 3.8) is 0 Å². The van der Waals surface area contributed by atoms with Crippen molar-refractivity contribution in [1.29, 1.82) is 0 Å². The first-order chi connectivity index (χ1) is 17.0. The maximum absolute atomic E-state index is 14.0. The summed E-state index contributed by atoms with van der Waals surface area (Å²) < 4.78 is 14.0. The van der Waals surface area contributed by atoms with Gasteiger partial charge in [-0.25, -0.2) is 4.98 Å². The van der Waals surface area contributed by atoms with Crippen LogP contribution in [-0.2, 0) is 0 Å². The largest absolute Gasteiger partial charge is 0.351 e. The topological polar surface area (TPSA) is 70.1 Å². The molecule has 0 saturated carbocycles. The third-order valence-electron chi connectivity index (χ3n) is 6.35. The van der Waals surface area contributed by atoms with E-state index in [2.05, 4.69) is 49.1 Å². The number of hydrogen-bond donors (Lipinski definition) is 1. The number of thiocarbonyl (C=S) groups is 1. The molecule has 1 unspecified atom stereocenters. The fourth-order valence-corrected chi connectivity index (χ4v) is 4.79. The van der Waals surface area contributed by atoms with Crippen LogP contribution in [0.3, 0.4) is 0 Å². The molecule has 7 nitrogen and oxygen atoms in total. The number of pyridine rings is 2. The number of halogens is 1. The first-order valence-electron chi connectivity index (χ1n) is 11.6. The van der Waals surface area contributed by atoms with Crippen molar-refractivity contribution in [1.82, 2.24) is 25.1 Å². The number of rotatable bonds is 4. The Morgan fingerprint density at radius 3 is 2.60 bits per heavy atom. The van der Waals surface area contributed by atoms with Crippen LogP contribution in [0.2, 0.25) is 0 Å². The van der Waals surface area contributed by atoms with Gasteiger partial charge < -0.3 is 15.1 Å². The average molecular weight is 488 g/mol. The van der Waals surface area contributed by atoms with Gasteiger partial charge in [0.25, 0.3) is 0 Å². The molecule has 35 heavy (non-hydrogen) atoms. The Bertz CT molecular complexity index is 1340. The van der Waals surface area contributed by atoms with Crippen LogP contribution in [0, 0.1) is 11.9 Å². The van der Waals surface area contributed by atoms with E-state index in [1.165, 1.54) is 6.20 Å². The Balaban J connectivity index is 1.32. The van der Waals surface area contributed by atoms with Gasteiger partial charge in [-0.3, -0.25) is 4.98 Å². The number of nitrogens with zero attached hydrogens (tertiary/aromatic N) is 6. The fraction of sp³-hybridized carbons (Fsp3) is 0.269. The third kappa shape index (κ3) is 4.77. The minimum Gasteiger partial charge on any atom is -0.351 e. The highest BCUT2D eigenvalue weighted by molar-refractivity contribution is 7.80. The predicted molar refractivity (Wildman–Crippen MR) is 141 cm³/mol. The zero-order chi connectivity index (χ0) is 24.4. The minimum atomic E-state index is -0.550. The molecule has 0 radical (unpaired) electrons. The van der Waals surface area contributed by atoms with E-state index in [-0.39, 0.29) is 6.04 Å². The van der Waals surface area contributed by atoms with Crippen LogP contribution in [-0.4, -0.2) is 55.9 Å². The average Bonchev–Trinajstić information content (AvgIpc) is 2.89. The second kappa shape index (κ2) is 9.87. The Morgan fingerprint density at radius 2 is 1.83 bits per heavy atom. The molecule has 0 bridgehead atoms. The molecule has 1 aromatic carbocycles. The van der Waals surface area contributed by atoms with Crippen LogP contribution in [0.25, 0.3) is 22.2 Å². The van der Waals surface area contributed by atoms with E-state index in [1.54, 1.807) is 24.4 Å². The van der Waals surface area contributed by atoms with E-state index in [4.69, 9.17) is 12.2 Å². The summed E-state index contributed by atoms with van der Waals surface area (Å²) in [6, 6.07) is 17.2. The number of aromatic nitrogens is 4. The zero-order valence-corrected chi connectivity index (χ0v) is 20.4. The standard InChI is InChI=1S/C26H26FN7S/c1-17(2)23-16-33(24-11-10-22(31-32-24)19-7-5-13-29-25(19)27)14-15-34(23)26(35)30-21-9-3-8-20-18(21)6-4-12-28-20/h3-13,17,23H,14-16H2,1-2H3,(H,30,35). The van der Waals surface area contributed by atoms with Gasteiger partial charge in [0.15, 0.2) is 10.9 Å². The molecular weight excluding hydrogens is 461 g/mol. The maximum Gasteiger partial charge on any atom is 0.222 e. The van der Waals surface area contributed by atoms with Gasteiger partial charge >= 0.3 is 0 Å². The zero-order valence-electron chi connectivity index (χ0n) is 19.6. The van der Waals surface area contributed by atoms with Crippen LogP contribution >= 0.6 is 12.2 Å². The molecule has 5 rings (SSSR count). The Kier molecular flexibility index (Phi) is 6.50. The molecule has 1 fully saturated rings. The van der Waals surface area contributed by atoms with Crippen LogP contribution in [0.1, 0.15) is 13.8 Å². The molecule has 1 N–H and O–H groups in total. The molecule has 0 aliphatic carbocycles. The van der Waals surface area contributed by atoms with Crippen molar-refractivity contribution in [3.8, 4) is 11.3 Å². The van der Waals surface area contributed by atoms with Gasteiger partial charge in [0, 0.05) is 43.1 Å². The highest BCUT2D eigenvalue weighted by atomic mass is 32.1. The van der Waals surface area contributed by atoms with Crippen molar-refractivity contribution in [2.45, 2.75) is 19.9 Å². The van der Waals surface area contributed by atoms with Gasteiger partial charge in [0.2, 0.25) is 5.95 Å². The number of anilines is 2. The number of fused-ring (bicyclic) bond motifs is 1. The summed E-state index contributed by atoms with van der Waals surface area (Å²) in [4.78, 5) is 12.6. The summed E-state index contributed by atoms with van der Waals surface area (Å²) in [6.45, 7) is 6.65. The van der Waals surface area contributed by atoms with Gasteiger partial charge in [0.05, 0.1) is 22.8 Å². The van der Waals surface area contributed by atoms with E-state index in [0.29, 0.717) is 22.3 Å². The summed E-state index contributed by atoms with van der Waals surface area (Å²) in [7, 11) is 0.